The Morgan fingerprint density at radius 3 is 2.34 bits per heavy atom. The Labute approximate surface area is 164 Å². The molecule has 29 heavy (non-hydrogen) atoms. The van der Waals surface area contributed by atoms with Gasteiger partial charge in [-0.2, -0.15) is 23.4 Å². The average molecular weight is 401 g/mol. The van der Waals surface area contributed by atoms with E-state index >= 15 is 0 Å². The molecule has 0 N–H and O–H groups in total. The first-order chi connectivity index (χ1) is 13.7. The van der Waals surface area contributed by atoms with Crippen LogP contribution in [-0.2, 0) is 13.2 Å². The summed E-state index contributed by atoms with van der Waals surface area (Å²) in [6, 6.07) is 5.02. The fourth-order valence-electron chi connectivity index (χ4n) is 3.34. The highest BCUT2D eigenvalue weighted by atomic mass is 19.4. The summed E-state index contributed by atoms with van der Waals surface area (Å²) in [4.78, 5) is 10.9. The van der Waals surface area contributed by atoms with E-state index in [1.54, 1.807) is 22.4 Å². The molecule has 1 aromatic carbocycles. The second-order valence-electron chi connectivity index (χ2n) is 6.85. The SMILES string of the molecule is Cc1nc(-c2cnn(C)c2-c2ccc(C(F)(F)F)cc2)c2c(N(C)C)ncnn12. The van der Waals surface area contributed by atoms with Crippen molar-refractivity contribution in [2.75, 3.05) is 19.0 Å². The van der Waals surface area contributed by atoms with E-state index in [9.17, 15) is 13.2 Å². The molecule has 0 unspecified atom stereocenters. The number of benzene rings is 1. The third kappa shape index (κ3) is 3.10. The van der Waals surface area contributed by atoms with E-state index in [4.69, 9.17) is 0 Å². The maximum absolute atomic E-state index is 12.9. The molecule has 0 bridgehead atoms. The molecule has 0 atom stereocenters. The molecule has 0 aliphatic heterocycles. The maximum atomic E-state index is 12.9. The Balaban J connectivity index is 1.94. The number of hydrogen-bond acceptors (Lipinski definition) is 5. The van der Waals surface area contributed by atoms with Crippen LogP contribution in [0.15, 0.2) is 36.8 Å². The molecule has 0 radical (unpaired) electrons. The van der Waals surface area contributed by atoms with Gasteiger partial charge in [-0.05, 0) is 19.1 Å². The Morgan fingerprint density at radius 2 is 1.72 bits per heavy atom. The Kier molecular flexibility index (Phi) is 4.29. The third-order valence-electron chi connectivity index (χ3n) is 4.68. The number of nitrogens with zero attached hydrogens (tertiary/aromatic N) is 7. The Hall–Kier alpha value is -3.43. The van der Waals surface area contributed by atoms with Gasteiger partial charge in [0.1, 0.15) is 23.4 Å². The van der Waals surface area contributed by atoms with E-state index in [0.717, 1.165) is 12.1 Å². The summed E-state index contributed by atoms with van der Waals surface area (Å²) in [6.07, 6.45) is -1.27. The van der Waals surface area contributed by atoms with E-state index in [1.807, 2.05) is 25.9 Å². The molecule has 4 rings (SSSR count). The van der Waals surface area contributed by atoms with E-state index < -0.39 is 11.7 Å². The van der Waals surface area contributed by atoms with Crippen LogP contribution in [0.5, 0.6) is 0 Å². The van der Waals surface area contributed by atoms with Gasteiger partial charge in [0.15, 0.2) is 5.82 Å². The van der Waals surface area contributed by atoms with Crippen molar-refractivity contribution in [3.63, 3.8) is 0 Å². The van der Waals surface area contributed by atoms with Crippen LogP contribution >= 0.6 is 0 Å². The van der Waals surface area contributed by atoms with Crippen LogP contribution in [0.25, 0.3) is 28.0 Å². The highest BCUT2D eigenvalue weighted by Gasteiger charge is 2.30. The fraction of sp³-hybridized carbons (Fsp3) is 0.263. The monoisotopic (exact) mass is 401 g/mol. The first kappa shape index (κ1) is 18.9. The summed E-state index contributed by atoms with van der Waals surface area (Å²) in [5.41, 5.74) is 2.58. The van der Waals surface area contributed by atoms with Crippen molar-refractivity contribution in [1.82, 2.24) is 29.4 Å². The summed E-state index contributed by atoms with van der Waals surface area (Å²) in [7, 11) is 5.48. The van der Waals surface area contributed by atoms with Gasteiger partial charge in [-0.25, -0.2) is 14.5 Å². The Bertz CT molecular complexity index is 1190. The standard InChI is InChI=1S/C19H18F3N7/c1-11-26-15(17-18(27(2)3)23-10-25-29(11)17)14-9-24-28(4)16(14)12-5-7-13(8-6-12)19(20,21)22/h5-10H,1-4H3. The first-order valence-electron chi connectivity index (χ1n) is 8.76. The molecule has 0 amide bonds. The van der Waals surface area contributed by atoms with Crippen LogP contribution in [0.3, 0.4) is 0 Å². The van der Waals surface area contributed by atoms with Gasteiger partial charge in [0.25, 0.3) is 0 Å². The zero-order chi connectivity index (χ0) is 20.9. The third-order valence-corrected chi connectivity index (χ3v) is 4.68. The molecular weight excluding hydrogens is 383 g/mol. The van der Waals surface area contributed by atoms with Gasteiger partial charge >= 0.3 is 6.18 Å². The maximum Gasteiger partial charge on any atom is 0.416 e. The first-order valence-corrected chi connectivity index (χ1v) is 8.76. The van der Waals surface area contributed by atoms with E-state index in [0.29, 0.717) is 39.7 Å². The minimum Gasteiger partial charge on any atom is -0.361 e. The van der Waals surface area contributed by atoms with E-state index in [-0.39, 0.29) is 0 Å². The summed E-state index contributed by atoms with van der Waals surface area (Å²) in [5.74, 6) is 1.35. The van der Waals surface area contributed by atoms with Gasteiger partial charge in [-0.1, -0.05) is 12.1 Å². The molecule has 3 heterocycles. The summed E-state index contributed by atoms with van der Waals surface area (Å²) in [5, 5.41) is 8.60. The molecule has 150 valence electrons. The Morgan fingerprint density at radius 1 is 1.03 bits per heavy atom. The van der Waals surface area contributed by atoms with Gasteiger partial charge < -0.3 is 4.90 Å². The van der Waals surface area contributed by atoms with Gasteiger partial charge in [0.05, 0.1) is 17.5 Å². The minimum atomic E-state index is -4.39. The lowest BCUT2D eigenvalue weighted by Gasteiger charge is -2.13. The number of hydrogen-bond donors (Lipinski definition) is 0. The predicted octanol–water partition coefficient (Wildman–Crippen LogP) is 3.59. The number of aromatic nitrogens is 6. The molecular formula is C19H18F3N7. The highest BCUT2D eigenvalue weighted by Crippen LogP contribution is 2.37. The number of rotatable bonds is 3. The quantitative estimate of drug-likeness (QED) is 0.525. The number of halogens is 3. The van der Waals surface area contributed by atoms with Crippen LogP contribution in [0.4, 0.5) is 19.0 Å². The molecule has 0 spiro atoms. The van der Waals surface area contributed by atoms with Gasteiger partial charge in [-0.3, -0.25) is 4.68 Å². The molecule has 0 aliphatic rings. The van der Waals surface area contributed by atoms with Crippen molar-refractivity contribution in [2.45, 2.75) is 13.1 Å². The van der Waals surface area contributed by atoms with Crippen LogP contribution in [0, 0.1) is 6.92 Å². The number of fused-ring (bicyclic) bond motifs is 1. The molecule has 0 saturated heterocycles. The van der Waals surface area contributed by atoms with E-state index in [2.05, 4.69) is 20.2 Å². The number of alkyl halides is 3. The highest BCUT2D eigenvalue weighted by molar-refractivity contribution is 5.91. The molecule has 10 heteroatoms. The van der Waals surface area contributed by atoms with Crippen LogP contribution in [0.2, 0.25) is 0 Å². The smallest absolute Gasteiger partial charge is 0.361 e. The summed E-state index contributed by atoms with van der Waals surface area (Å²) < 4.78 is 42.1. The minimum absolute atomic E-state index is 0.607. The van der Waals surface area contributed by atoms with Crippen molar-refractivity contribution in [2.24, 2.45) is 7.05 Å². The molecule has 7 nitrogen and oxygen atoms in total. The second-order valence-corrected chi connectivity index (χ2v) is 6.85. The number of aryl methyl sites for hydroxylation is 2. The lowest BCUT2D eigenvalue weighted by atomic mass is 10.0. The van der Waals surface area contributed by atoms with E-state index in [1.165, 1.54) is 18.5 Å². The molecule has 0 fully saturated rings. The lowest BCUT2D eigenvalue weighted by Crippen LogP contribution is -2.13. The van der Waals surface area contributed by atoms with Crippen LogP contribution < -0.4 is 4.90 Å². The normalized spacial score (nSPS) is 12.0. The number of imidazole rings is 1. The molecule has 0 aliphatic carbocycles. The van der Waals surface area contributed by atoms with Gasteiger partial charge in [0, 0.05) is 32.3 Å². The number of anilines is 1. The largest absolute Gasteiger partial charge is 0.416 e. The summed E-state index contributed by atoms with van der Waals surface area (Å²) in [6.45, 7) is 1.83. The predicted molar refractivity (Wildman–Crippen MR) is 102 cm³/mol. The van der Waals surface area contributed by atoms with Crippen molar-refractivity contribution in [3.8, 4) is 22.5 Å². The van der Waals surface area contributed by atoms with Crippen molar-refractivity contribution < 1.29 is 13.2 Å². The van der Waals surface area contributed by atoms with Gasteiger partial charge in [0.2, 0.25) is 0 Å². The zero-order valence-electron chi connectivity index (χ0n) is 16.2. The van der Waals surface area contributed by atoms with Crippen LogP contribution in [-0.4, -0.2) is 43.5 Å². The fourth-order valence-corrected chi connectivity index (χ4v) is 3.34. The van der Waals surface area contributed by atoms with Crippen molar-refractivity contribution in [3.05, 3.63) is 48.2 Å². The average Bonchev–Trinajstić information content (AvgIpc) is 3.21. The molecule has 0 saturated carbocycles. The van der Waals surface area contributed by atoms with Crippen molar-refractivity contribution in [1.29, 1.82) is 0 Å². The second kappa shape index (κ2) is 6.57. The topological polar surface area (TPSA) is 64.1 Å². The van der Waals surface area contributed by atoms with Gasteiger partial charge in [-0.15, -0.1) is 0 Å². The molecule has 4 aromatic rings. The molecule has 3 aromatic heterocycles. The van der Waals surface area contributed by atoms with Crippen molar-refractivity contribution >= 4 is 11.3 Å². The summed E-state index contributed by atoms with van der Waals surface area (Å²) >= 11 is 0. The zero-order valence-corrected chi connectivity index (χ0v) is 16.2. The van der Waals surface area contributed by atoms with Crippen LogP contribution in [0.1, 0.15) is 11.4 Å². The lowest BCUT2D eigenvalue weighted by molar-refractivity contribution is -0.137.